The van der Waals surface area contributed by atoms with Crippen molar-refractivity contribution in [2.75, 3.05) is 6.54 Å². The number of nitrogens with zero attached hydrogens (tertiary/aromatic N) is 2. The van der Waals surface area contributed by atoms with Crippen LogP contribution in [0.5, 0.6) is 0 Å². The largest absolute Gasteiger partial charge is 0.391 e. The van der Waals surface area contributed by atoms with Crippen molar-refractivity contribution in [2.45, 2.75) is 38.3 Å². The number of carbonyl (C=O) groups excluding carboxylic acids is 1. The number of aliphatic hydroxyl groups is 1. The van der Waals surface area contributed by atoms with E-state index in [-0.39, 0.29) is 11.9 Å². The van der Waals surface area contributed by atoms with Crippen molar-refractivity contribution in [1.82, 2.24) is 9.88 Å². The van der Waals surface area contributed by atoms with Crippen LogP contribution in [-0.2, 0) is 0 Å². The number of fused-ring (bicyclic) bond motifs is 1. The number of pyridine rings is 1. The van der Waals surface area contributed by atoms with Crippen LogP contribution in [0.15, 0.2) is 36.5 Å². The Morgan fingerprint density at radius 3 is 2.95 bits per heavy atom. The maximum absolute atomic E-state index is 12.9. The lowest BCUT2D eigenvalue weighted by Gasteiger charge is -2.37. The standard InChI is InChI=1S/C17H20N2O2/c1-12(20)15-8-4-5-11-19(15)17(21)16-14-7-3-2-6-13(14)9-10-18-16/h2-3,6-7,9-10,12,15,20H,4-5,8,11H2,1H3/t12-,15-/m1/s1. The van der Waals surface area contributed by atoms with Crippen molar-refractivity contribution in [3.8, 4) is 0 Å². The number of piperidine rings is 1. The molecule has 110 valence electrons. The summed E-state index contributed by atoms with van der Waals surface area (Å²) in [6.45, 7) is 2.45. The number of benzene rings is 1. The number of rotatable bonds is 2. The summed E-state index contributed by atoms with van der Waals surface area (Å²) >= 11 is 0. The van der Waals surface area contributed by atoms with Crippen LogP contribution >= 0.6 is 0 Å². The molecule has 0 spiro atoms. The lowest BCUT2D eigenvalue weighted by molar-refractivity contribution is 0.0278. The molecule has 0 bridgehead atoms. The molecule has 1 amide bonds. The average Bonchev–Trinajstić information content (AvgIpc) is 2.53. The molecule has 2 atom stereocenters. The molecule has 0 aliphatic carbocycles. The molecule has 1 aliphatic heterocycles. The summed E-state index contributed by atoms with van der Waals surface area (Å²) in [6, 6.07) is 9.59. The molecule has 3 rings (SSSR count). The van der Waals surface area contributed by atoms with Crippen LogP contribution in [0.4, 0.5) is 0 Å². The third-order valence-electron chi connectivity index (χ3n) is 4.24. The topological polar surface area (TPSA) is 53.4 Å². The molecule has 4 heteroatoms. The van der Waals surface area contributed by atoms with Gasteiger partial charge in [-0.3, -0.25) is 9.78 Å². The molecular formula is C17H20N2O2. The van der Waals surface area contributed by atoms with E-state index in [0.717, 1.165) is 30.0 Å². The molecule has 0 radical (unpaired) electrons. The summed E-state index contributed by atoms with van der Waals surface area (Å²) in [7, 11) is 0. The first-order chi connectivity index (χ1) is 10.2. The molecule has 0 saturated carbocycles. The van der Waals surface area contributed by atoms with Crippen molar-refractivity contribution in [3.63, 3.8) is 0 Å². The Bertz CT molecular complexity index is 649. The Labute approximate surface area is 124 Å². The van der Waals surface area contributed by atoms with E-state index in [0.29, 0.717) is 12.2 Å². The Balaban J connectivity index is 1.99. The van der Waals surface area contributed by atoms with E-state index in [1.807, 2.05) is 30.3 Å². The second-order valence-electron chi connectivity index (χ2n) is 5.68. The van der Waals surface area contributed by atoms with Crippen LogP contribution in [0.1, 0.15) is 36.7 Å². The van der Waals surface area contributed by atoms with Crippen molar-refractivity contribution >= 4 is 16.7 Å². The number of likely N-dealkylation sites (tertiary alicyclic amines) is 1. The maximum Gasteiger partial charge on any atom is 0.273 e. The number of carbonyl (C=O) groups is 1. The third-order valence-corrected chi connectivity index (χ3v) is 4.24. The smallest absolute Gasteiger partial charge is 0.273 e. The molecule has 4 nitrogen and oxygen atoms in total. The highest BCUT2D eigenvalue weighted by Crippen LogP contribution is 2.24. The summed E-state index contributed by atoms with van der Waals surface area (Å²) in [5.41, 5.74) is 0.487. The molecule has 1 saturated heterocycles. The average molecular weight is 284 g/mol. The quantitative estimate of drug-likeness (QED) is 0.922. The van der Waals surface area contributed by atoms with E-state index in [1.54, 1.807) is 18.0 Å². The zero-order valence-electron chi connectivity index (χ0n) is 12.2. The summed E-state index contributed by atoms with van der Waals surface area (Å²) < 4.78 is 0. The van der Waals surface area contributed by atoms with E-state index in [9.17, 15) is 9.90 Å². The van der Waals surface area contributed by atoms with Gasteiger partial charge in [0.1, 0.15) is 5.69 Å². The highest BCUT2D eigenvalue weighted by molar-refractivity contribution is 6.05. The molecule has 1 aromatic heterocycles. The molecule has 1 aliphatic rings. The van der Waals surface area contributed by atoms with Crippen molar-refractivity contribution in [1.29, 1.82) is 0 Å². The number of aliphatic hydroxyl groups excluding tert-OH is 1. The molecule has 0 unspecified atom stereocenters. The normalized spacial score (nSPS) is 20.5. The van der Waals surface area contributed by atoms with E-state index in [1.165, 1.54) is 0 Å². The van der Waals surface area contributed by atoms with E-state index in [4.69, 9.17) is 0 Å². The fourth-order valence-electron chi connectivity index (χ4n) is 3.14. The fraction of sp³-hybridized carbons (Fsp3) is 0.412. The lowest BCUT2D eigenvalue weighted by atomic mass is 9.97. The third kappa shape index (κ3) is 2.63. The summed E-state index contributed by atoms with van der Waals surface area (Å²) in [4.78, 5) is 19.0. The van der Waals surface area contributed by atoms with Crippen LogP contribution in [0.3, 0.4) is 0 Å². The summed E-state index contributed by atoms with van der Waals surface area (Å²) in [5, 5.41) is 11.8. The molecule has 1 aromatic carbocycles. The highest BCUT2D eigenvalue weighted by Gasteiger charge is 2.31. The zero-order chi connectivity index (χ0) is 14.8. The number of aromatic nitrogens is 1. The van der Waals surface area contributed by atoms with Gasteiger partial charge in [-0.25, -0.2) is 0 Å². The van der Waals surface area contributed by atoms with Gasteiger partial charge >= 0.3 is 0 Å². The van der Waals surface area contributed by atoms with Crippen LogP contribution in [0.2, 0.25) is 0 Å². The van der Waals surface area contributed by atoms with Crippen LogP contribution in [0.25, 0.3) is 10.8 Å². The second-order valence-corrected chi connectivity index (χ2v) is 5.68. The second kappa shape index (κ2) is 5.82. The van der Waals surface area contributed by atoms with Gasteiger partial charge in [-0.1, -0.05) is 24.3 Å². The zero-order valence-corrected chi connectivity index (χ0v) is 12.2. The van der Waals surface area contributed by atoms with Gasteiger partial charge in [-0.15, -0.1) is 0 Å². The van der Waals surface area contributed by atoms with Gasteiger partial charge in [0.25, 0.3) is 5.91 Å². The molecular weight excluding hydrogens is 264 g/mol. The Morgan fingerprint density at radius 1 is 1.33 bits per heavy atom. The van der Waals surface area contributed by atoms with Crippen molar-refractivity contribution in [2.24, 2.45) is 0 Å². The Hall–Kier alpha value is -1.94. The van der Waals surface area contributed by atoms with E-state index in [2.05, 4.69) is 4.98 Å². The highest BCUT2D eigenvalue weighted by atomic mass is 16.3. The summed E-state index contributed by atoms with van der Waals surface area (Å²) in [6.07, 6.45) is 4.07. The van der Waals surface area contributed by atoms with Gasteiger partial charge < -0.3 is 10.0 Å². The molecule has 21 heavy (non-hydrogen) atoms. The van der Waals surface area contributed by atoms with Crippen molar-refractivity contribution in [3.05, 3.63) is 42.2 Å². The molecule has 2 aromatic rings. The first kappa shape index (κ1) is 14.0. The minimum absolute atomic E-state index is 0.0719. The lowest BCUT2D eigenvalue weighted by Crippen LogP contribution is -2.49. The van der Waals surface area contributed by atoms with E-state index < -0.39 is 6.10 Å². The van der Waals surface area contributed by atoms with Crippen molar-refractivity contribution < 1.29 is 9.90 Å². The monoisotopic (exact) mass is 284 g/mol. The Morgan fingerprint density at radius 2 is 2.14 bits per heavy atom. The predicted octanol–water partition coefficient (Wildman–Crippen LogP) is 2.61. The van der Waals surface area contributed by atoms with Crippen LogP contribution in [0, 0.1) is 0 Å². The molecule has 1 fully saturated rings. The van der Waals surface area contributed by atoms with E-state index >= 15 is 0 Å². The molecule has 1 N–H and O–H groups in total. The first-order valence-corrected chi connectivity index (χ1v) is 7.51. The minimum atomic E-state index is -0.510. The fourth-order valence-corrected chi connectivity index (χ4v) is 3.14. The number of hydrogen-bond donors (Lipinski definition) is 1. The maximum atomic E-state index is 12.9. The van der Waals surface area contributed by atoms with Gasteiger partial charge in [-0.2, -0.15) is 0 Å². The first-order valence-electron chi connectivity index (χ1n) is 7.51. The van der Waals surface area contributed by atoms with Gasteiger partial charge in [0.15, 0.2) is 0 Å². The number of amides is 1. The van der Waals surface area contributed by atoms with Gasteiger partial charge in [-0.05, 0) is 37.6 Å². The van der Waals surface area contributed by atoms with Gasteiger partial charge in [0, 0.05) is 18.1 Å². The van der Waals surface area contributed by atoms with Gasteiger partial charge in [0.2, 0.25) is 0 Å². The predicted molar refractivity (Wildman–Crippen MR) is 82.1 cm³/mol. The van der Waals surface area contributed by atoms with Gasteiger partial charge in [0.05, 0.1) is 12.1 Å². The Kier molecular flexibility index (Phi) is 3.88. The van der Waals surface area contributed by atoms with Crippen LogP contribution in [-0.4, -0.2) is 39.6 Å². The SMILES string of the molecule is C[C@@H](O)[C@H]1CCCCN1C(=O)c1nccc2ccccc12. The minimum Gasteiger partial charge on any atom is -0.391 e. The number of hydrogen-bond acceptors (Lipinski definition) is 3. The summed E-state index contributed by atoms with van der Waals surface area (Å²) in [5.74, 6) is -0.0719. The van der Waals surface area contributed by atoms with Crippen LogP contribution < -0.4 is 0 Å². The molecule has 2 heterocycles.